The molecule has 6 aliphatic heterocycles. The minimum Gasteiger partial charge on any atom is -0.461 e. The number of alkyl halides is 1. The van der Waals surface area contributed by atoms with Crippen LogP contribution in [-0.2, 0) is 21.0 Å². The maximum absolute atomic E-state index is 17.5. The lowest BCUT2D eigenvalue weighted by molar-refractivity contribution is 0.107. The van der Waals surface area contributed by atoms with E-state index >= 15 is 4.39 Å². The number of likely N-dealkylation sites (tertiary alicyclic amines) is 1. The van der Waals surface area contributed by atoms with Gasteiger partial charge in [0.25, 0.3) is 0 Å². The molecule has 0 radical (unpaired) electrons. The van der Waals surface area contributed by atoms with Crippen molar-refractivity contribution in [2.45, 2.75) is 80.8 Å². The summed E-state index contributed by atoms with van der Waals surface area (Å²) in [6, 6.07) is 8.81. The molecule has 4 fully saturated rings. The number of aromatic nitrogens is 3. The summed E-state index contributed by atoms with van der Waals surface area (Å²) in [5.74, 6) is -0.208. The molecule has 6 aliphatic rings. The molecule has 0 spiro atoms. The first-order valence-electron chi connectivity index (χ1n) is 20.1. The number of nitrogens with zero attached hydrogens (tertiary/aromatic N) is 6. The number of benzene rings is 2. The molecule has 8 heterocycles. The lowest BCUT2D eigenvalue weighted by atomic mass is 9.91. The molecule has 6 bridgehead atoms. The predicted molar refractivity (Wildman–Crippen MR) is 212 cm³/mol. The number of sulfone groups is 1. The monoisotopic (exact) mass is 819 g/mol. The van der Waals surface area contributed by atoms with E-state index in [0.29, 0.717) is 85.7 Å². The number of amides is 2. The lowest BCUT2D eigenvalue weighted by Crippen LogP contribution is -2.57. The molecule has 10 rings (SSSR count). The van der Waals surface area contributed by atoms with E-state index in [1.54, 1.807) is 18.3 Å². The van der Waals surface area contributed by atoms with Gasteiger partial charge in [-0.2, -0.15) is 9.97 Å². The minimum absolute atomic E-state index is 0.0132. The number of fused-ring (bicyclic) bond motifs is 7. The van der Waals surface area contributed by atoms with Crippen LogP contribution in [0.15, 0.2) is 36.5 Å². The van der Waals surface area contributed by atoms with Crippen LogP contribution in [0.25, 0.3) is 32.9 Å². The summed E-state index contributed by atoms with van der Waals surface area (Å²) in [7, 11) is -3.35. The Morgan fingerprint density at radius 3 is 2.78 bits per heavy atom. The van der Waals surface area contributed by atoms with Gasteiger partial charge in [-0.15, -0.1) is 0 Å². The average molecular weight is 820 g/mol. The Labute approximate surface area is 335 Å². The molecule has 2 amide bonds. The molecule has 0 aliphatic carbocycles. The van der Waals surface area contributed by atoms with Crippen molar-refractivity contribution in [3.8, 4) is 23.0 Å². The normalized spacial score (nSPS) is 26.5. The Kier molecular flexibility index (Phi) is 9.81. The number of hydrogen-bond donors (Lipinski definition) is 1. The van der Waals surface area contributed by atoms with Gasteiger partial charge in [-0.25, -0.2) is 26.8 Å². The molecule has 4 aromatic rings. The van der Waals surface area contributed by atoms with Crippen molar-refractivity contribution in [3.05, 3.63) is 47.9 Å². The third kappa shape index (κ3) is 7.24. The first-order valence-corrected chi connectivity index (χ1v) is 22.0. The van der Waals surface area contributed by atoms with E-state index in [1.165, 1.54) is 4.90 Å². The smallest absolute Gasteiger partial charge is 0.415 e. The largest absolute Gasteiger partial charge is 0.461 e. The van der Waals surface area contributed by atoms with Crippen LogP contribution in [0.3, 0.4) is 0 Å². The first-order chi connectivity index (χ1) is 27.8. The number of alkyl carbamates (subject to hydrolysis) is 1. The zero-order valence-corrected chi connectivity index (χ0v) is 33.5. The van der Waals surface area contributed by atoms with E-state index in [0.717, 1.165) is 31.2 Å². The number of carbonyl (C=O) groups excluding carboxylic acids is 2. The van der Waals surface area contributed by atoms with Crippen molar-refractivity contribution in [1.29, 1.82) is 0 Å². The predicted octanol–water partition coefficient (Wildman–Crippen LogP) is 5.59. The van der Waals surface area contributed by atoms with Crippen molar-refractivity contribution in [2.24, 2.45) is 0 Å². The number of aryl methyl sites for hydroxylation is 1. The van der Waals surface area contributed by atoms with E-state index in [-0.39, 0.29) is 49.3 Å². The van der Waals surface area contributed by atoms with E-state index in [9.17, 15) is 22.4 Å². The zero-order chi connectivity index (χ0) is 40.4. The fourth-order valence-electron chi connectivity index (χ4n) is 9.74. The molecule has 0 saturated carbocycles. The topological polar surface area (TPSA) is 156 Å². The van der Waals surface area contributed by atoms with Crippen LogP contribution in [0.5, 0.6) is 11.8 Å². The van der Waals surface area contributed by atoms with Crippen LogP contribution in [0.4, 0.5) is 24.2 Å². The Bertz CT molecular complexity index is 2420. The lowest BCUT2D eigenvalue weighted by Gasteiger charge is -2.41. The van der Waals surface area contributed by atoms with E-state index < -0.39 is 50.3 Å². The van der Waals surface area contributed by atoms with Gasteiger partial charge in [0.05, 0.1) is 28.3 Å². The maximum Gasteiger partial charge on any atom is 0.415 e. The molecular weight excluding hydrogens is 773 g/mol. The van der Waals surface area contributed by atoms with Gasteiger partial charge in [0.15, 0.2) is 15.7 Å². The van der Waals surface area contributed by atoms with E-state index in [1.807, 2.05) is 30.0 Å². The molecule has 58 heavy (non-hydrogen) atoms. The molecule has 4 saturated heterocycles. The quantitative estimate of drug-likeness (QED) is 0.267. The van der Waals surface area contributed by atoms with Gasteiger partial charge in [-0.3, -0.25) is 9.88 Å². The molecule has 1 N–H and O–H groups in total. The second-order valence-corrected chi connectivity index (χ2v) is 19.2. The van der Waals surface area contributed by atoms with Crippen LogP contribution in [0.1, 0.15) is 57.4 Å². The molecule has 14 nitrogen and oxygen atoms in total. The van der Waals surface area contributed by atoms with Crippen molar-refractivity contribution in [3.63, 3.8) is 0 Å². The summed E-state index contributed by atoms with van der Waals surface area (Å²) >= 11 is 0. The van der Waals surface area contributed by atoms with Crippen molar-refractivity contribution >= 4 is 49.5 Å². The number of anilines is 1. The van der Waals surface area contributed by atoms with Crippen molar-refractivity contribution in [1.82, 2.24) is 30.1 Å². The van der Waals surface area contributed by atoms with Gasteiger partial charge in [-0.1, -0.05) is 18.2 Å². The second-order valence-electron chi connectivity index (χ2n) is 16.9. The standard InChI is InChI=1S/C41H47F2N7O7S/c1-40-11-5-13-49(23-40)36-31-20-44-34(33(43)35(31)45-37(46-36)56-24-41-12-6-14-50(41)21-27(42)19-41)30-18-28(57-39(52)48-15-10-29(22-48)58(2,53)54)17-26-8-3-7-25(32(26)30)9-4-16-55-38(51)47-40/h3,7-8,17-18,20,27,29H,4-6,9-16,19,21-24H2,1-2H3,(H,47,51)/t27-,29?,40-,41+/m1/s1. The van der Waals surface area contributed by atoms with Crippen LogP contribution in [0.2, 0.25) is 0 Å². The molecule has 17 heteroatoms. The van der Waals surface area contributed by atoms with Crippen LogP contribution in [-0.4, -0.2) is 127 Å². The van der Waals surface area contributed by atoms with Crippen molar-refractivity contribution < 1.29 is 41.0 Å². The fourth-order valence-corrected chi connectivity index (χ4v) is 10.7. The molecule has 308 valence electrons. The summed E-state index contributed by atoms with van der Waals surface area (Å²) < 4.78 is 74.5. The second kappa shape index (κ2) is 14.7. The molecule has 2 aromatic carbocycles. The number of carbonyl (C=O) groups is 2. The number of ether oxygens (including phenoxy) is 3. The SMILES string of the molecule is C[C@@]12CCCN(C1)c1nc(OC[C@@]34CCCN3C[C@H](F)C4)nc3c(F)c(ncc13)-c1cc(OC(=O)N3CCC(S(C)(=O)=O)C3)cc3cccc(c13)CCCOC(=O)N2. The number of pyridine rings is 1. The van der Waals surface area contributed by atoms with Gasteiger partial charge in [0.1, 0.15) is 35.6 Å². The Balaban J connectivity index is 1.17. The number of nitrogens with one attached hydrogen (secondary N) is 1. The number of piperidine rings is 1. The number of hydrogen-bond acceptors (Lipinski definition) is 12. The van der Waals surface area contributed by atoms with Gasteiger partial charge in [0.2, 0.25) is 0 Å². The van der Waals surface area contributed by atoms with Crippen LogP contribution >= 0.6 is 0 Å². The molecule has 2 aromatic heterocycles. The third-order valence-corrected chi connectivity index (χ3v) is 14.2. The fraction of sp³-hybridized carbons (Fsp3) is 0.537. The van der Waals surface area contributed by atoms with Crippen LogP contribution < -0.4 is 19.7 Å². The highest BCUT2D eigenvalue weighted by Gasteiger charge is 2.49. The molecule has 4 atom stereocenters. The Morgan fingerprint density at radius 1 is 1.10 bits per heavy atom. The maximum atomic E-state index is 17.5. The third-order valence-electron chi connectivity index (χ3n) is 12.6. The van der Waals surface area contributed by atoms with Crippen molar-refractivity contribution in [2.75, 3.05) is 63.6 Å². The summed E-state index contributed by atoms with van der Waals surface area (Å²) in [6.45, 7) is 4.51. The van der Waals surface area contributed by atoms with E-state index in [2.05, 4.69) is 15.2 Å². The van der Waals surface area contributed by atoms with Gasteiger partial charge in [-0.05, 0) is 86.9 Å². The molecular formula is C41H47F2N7O7S. The minimum atomic E-state index is -3.35. The average Bonchev–Trinajstić information content (AvgIpc) is 3.90. The zero-order valence-electron chi connectivity index (χ0n) is 32.6. The highest BCUT2D eigenvalue weighted by Crippen LogP contribution is 2.42. The highest BCUT2D eigenvalue weighted by molar-refractivity contribution is 7.91. The molecule has 1 unspecified atom stereocenters. The highest BCUT2D eigenvalue weighted by atomic mass is 32.2. The summed E-state index contributed by atoms with van der Waals surface area (Å²) in [5.41, 5.74) is -0.0561. The summed E-state index contributed by atoms with van der Waals surface area (Å²) in [6.07, 6.45) is 5.18. The Hall–Kier alpha value is -4.90. The first kappa shape index (κ1) is 38.6. The number of halogens is 2. The summed E-state index contributed by atoms with van der Waals surface area (Å²) in [4.78, 5) is 46.3. The van der Waals surface area contributed by atoms with E-state index in [4.69, 9.17) is 24.2 Å². The Morgan fingerprint density at radius 2 is 1.95 bits per heavy atom. The van der Waals surface area contributed by atoms with Gasteiger partial charge >= 0.3 is 18.2 Å². The van der Waals surface area contributed by atoms with Crippen LogP contribution in [0, 0.1) is 5.82 Å². The summed E-state index contributed by atoms with van der Waals surface area (Å²) in [5, 5.41) is 4.04. The van der Waals surface area contributed by atoms with Gasteiger partial charge in [0, 0.05) is 57.2 Å². The number of rotatable bonds is 5. The van der Waals surface area contributed by atoms with Gasteiger partial charge < -0.3 is 29.3 Å².